The molecule has 0 fully saturated rings. The molecule has 8 nitrogen and oxygen atoms in total. The van der Waals surface area contributed by atoms with Gasteiger partial charge in [0.1, 0.15) is 17.2 Å². The second-order valence-corrected chi connectivity index (χ2v) is 6.57. The second kappa shape index (κ2) is 10.6. The molecule has 2 N–H and O–H groups in total. The van der Waals surface area contributed by atoms with Crippen LogP contribution in [0.15, 0.2) is 71.8 Å². The van der Waals surface area contributed by atoms with Crippen LogP contribution in [-0.4, -0.2) is 39.4 Å². The molecule has 0 bridgehead atoms. The van der Waals surface area contributed by atoms with Crippen molar-refractivity contribution in [2.45, 2.75) is 0 Å². The second-order valence-electron chi connectivity index (χ2n) is 6.57. The zero-order valence-electron chi connectivity index (χ0n) is 17.9. The smallest absolute Gasteiger partial charge is 0.271 e. The van der Waals surface area contributed by atoms with Gasteiger partial charge in [0, 0.05) is 28.4 Å². The Morgan fingerprint density at radius 2 is 1.34 bits per heavy atom. The highest BCUT2D eigenvalue weighted by atomic mass is 16.5. The summed E-state index contributed by atoms with van der Waals surface area (Å²) in [5, 5.41) is 6.76. The number of hydrogen-bond donors (Lipinski definition) is 2. The van der Waals surface area contributed by atoms with Crippen molar-refractivity contribution in [2.24, 2.45) is 5.10 Å². The number of carbonyl (C=O) groups is 2. The Morgan fingerprint density at radius 3 is 1.97 bits per heavy atom. The van der Waals surface area contributed by atoms with E-state index in [1.54, 1.807) is 88.1 Å². The van der Waals surface area contributed by atoms with Gasteiger partial charge in [-0.1, -0.05) is 0 Å². The van der Waals surface area contributed by atoms with Gasteiger partial charge in [0.25, 0.3) is 11.8 Å². The molecule has 0 atom stereocenters. The Hall–Kier alpha value is -4.33. The quantitative estimate of drug-likeness (QED) is 0.417. The van der Waals surface area contributed by atoms with Crippen molar-refractivity contribution in [3.8, 4) is 17.2 Å². The number of methoxy groups -OCH3 is 3. The van der Waals surface area contributed by atoms with Gasteiger partial charge in [-0.2, -0.15) is 5.10 Å². The fourth-order valence-corrected chi connectivity index (χ4v) is 2.80. The lowest BCUT2D eigenvalue weighted by atomic mass is 10.1. The Bertz CT molecular complexity index is 1110. The Balaban J connectivity index is 1.59. The number of amides is 2. The van der Waals surface area contributed by atoms with E-state index in [2.05, 4.69) is 15.8 Å². The minimum atomic E-state index is -0.387. The summed E-state index contributed by atoms with van der Waals surface area (Å²) in [4.78, 5) is 24.7. The predicted octanol–water partition coefficient (Wildman–Crippen LogP) is 3.73. The van der Waals surface area contributed by atoms with Crippen LogP contribution in [0.25, 0.3) is 0 Å². The van der Waals surface area contributed by atoms with Gasteiger partial charge < -0.3 is 19.5 Å². The molecule has 0 spiro atoms. The number of anilines is 1. The van der Waals surface area contributed by atoms with Crippen molar-refractivity contribution in [1.29, 1.82) is 0 Å². The van der Waals surface area contributed by atoms with E-state index in [0.29, 0.717) is 39.6 Å². The van der Waals surface area contributed by atoms with Gasteiger partial charge in [0.05, 0.1) is 27.5 Å². The molecule has 32 heavy (non-hydrogen) atoms. The van der Waals surface area contributed by atoms with Crippen molar-refractivity contribution >= 4 is 23.7 Å². The topological polar surface area (TPSA) is 98.2 Å². The Labute approximate surface area is 185 Å². The summed E-state index contributed by atoms with van der Waals surface area (Å²) in [5.74, 6) is 1.25. The minimum Gasteiger partial charge on any atom is -0.497 e. The van der Waals surface area contributed by atoms with Crippen LogP contribution in [0.4, 0.5) is 5.69 Å². The molecule has 0 saturated heterocycles. The first-order valence-corrected chi connectivity index (χ1v) is 9.65. The van der Waals surface area contributed by atoms with Gasteiger partial charge in [-0.15, -0.1) is 0 Å². The van der Waals surface area contributed by atoms with E-state index in [1.807, 2.05) is 0 Å². The van der Waals surface area contributed by atoms with Crippen LogP contribution in [0.5, 0.6) is 17.2 Å². The standard InChI is InChI=1S/C24H23N3O5/c1-30-20-11-6-16(7-12-20)23(28)26-19-9-4-17(5-10-19)24(29)27-25-15-18-8-13-21(31-2)14-22(18)32-3/h4-15H,1-3H3,(H,26,28)(H,27,29). The molecule has 3 aromatic rings. The Morgan fingerprint density at radius 1 is 0.750 bits per heavy atom. The van der Waals surface area contributed by atoms with Gasteiger partial charge in [0.2, 0.25) is 0 Å². The van der Waals surface area contributed by atoms with Crippen LogP contribution in [0, 0.1) is 0 Å². The number of hydrazone groups is 1. The maximum Gasteiger partial charge on any atom is 0.271 e. The number of hydrogen-bond acceptors (Lipinski definition) is 6. The van der Waals surface area contributed by atoms with Crippen LogP contribution in [0.1, 0.15) is 26.3 Å². The number of carbonyl (C=O) groups excluding carboxylic acids is 2. The van der Waals surface area contributed by atoms with Crippen molar-refractivity contribution in [3.05, 3.63) is 83.4 Å². The zero-order chi connectivity index (χ0) is 22.9. The van der Waals surface area contributed by atoms with Crippen LogP contribution in [0.3, 0.4) is 0 Å². The normalized spacial score (nSPS) is 10.5. The summed E-state index contributed by atoms with van der Waals surface area (Å²) in [6, 6.07) is 18.5. The largest absolute Gasteiger partial charge is 0.497 e. The maximum atomic E-state index is 12.3. The van der Waals surface area contributed by atoms with E-state index in [1.165, 1.54) is 6.21 Å². The summed E-state index contributed by atoms with van der Waals surface area (Å²) in [6.45, 7) is 0. The molecule has 0 aliphatic heterocycles. The molecule has 0 heterocycles. The monoisotopic (exact) mass is 433 g/mol. The van der Waals surface area contributed by atoms with Crippen molar-refractivity contribution in [2.75, 3.05) is 26.6 Å². The van der Waals surface area contributed by atoms with Crippen LogP contribution in [-0.2, 0) is 0 Å². The van der Waals surface area contributed by atoms with E-state index in [9.17, 15) is 9.59 Å². The molecule has 0 aliphatic rings. The van der Waals surface area contributed by atoms with Gasteiger partial charge in [-0.25, -0.2) is 5.43 Å². The molecule has 8 heteroatoms. The van der Waals surface area contributed by atoms with E-state index >= 15 is 0 Å². The lowest BCUT2D eigenvalue weighted by Gasteiger charge is -2.08. The van der Waals surface area contributed by atoms with E-state index in [0.717, 1.165) is 0 Å². The number of rotatable bonds is 8. The van der Waals surface area contributed by atoms with Crippen molar-refractivity contribution in [1.82, 2.24) is 5.43 Å². The third-order valence-electron chi connectivity index (χ3n) is 4.57. The van der Waals surface area contributed by atoms with Crippen molar-refractivity contribution in [3.63, 3.8) is 0 Å². The first kappa shape index (κ1) is 22.4. The van der Waals surface area contributed by atoms with Crippen LogP contribution >= 0.6 is 0 Å². The fraction of sp³-hybridized carbons (Fsp3) is 0.125. The van der Waals surface area contributed by atoms with Crippen molar-refractivity contribution < 1.29 is 23.8 Å². The molecule has 2 amide bonds. The highest BCUT2D eigenvalue weighted by molar-refractivity contribution is 6.04. The fourth-order valence-electron chi connectivity index (χ4n) is 2.80. The predicted molar refractivity (Wildman–Crippen MR) is 122 cm³/mol. The van der Waals surface area contributed by atoms with Gasteiger partial charge in [-0.05, 0) is 60.7 Å². The third kappa shape index (κ3) is 5.63. The van der Waals surface area contributed by atoms with Gasteiger partial charge in [0.15, 0.2) is 0 Å². The molecule has 0 saturated carbocycles. The van der Waals surface area contributed by atoms with E-state index in [-0.39, 0.29) is 11.8 Å². The number of nitrogens with zero attached hydrogens (tertiary/aromatic N) is 1. The molecular formula is C24H23N3O5. The molecule has 3 aromatic carbocycles. The summed E-state index contributed by atoms with van der Waals surface area (Å²) in [5.41, 5.74) is 4.61. The van der Waals surface area contributed by atoms with Crippen LogP contribution < -0.4 is 25.0 Å². The number of benzene rings is 3. The van der Waals surface area contributed by atoms with E-state index in [4.69, 9.17) is 14.2 Å². The lowest BCUT2D eigenvalue weighted by Crippen LogP contribution is -2.18. The summed E-state index contributed by atoms with van der Waals surface area (Å²) in [6.07, 6.45) is 1.49. The molecule has 0 unspecified atom stereocenters. The lowest BCUT2D eigenvalue weighted by molar-refractivity contribution is 0.0954. The summed E-state index contributed by atoms with van der Waals surface area (Å²) < 4.78 is 15.5. The van der Waals surface area contributed by atoms with E-state index < -0.39 is 0 Å². The molecular weight excluding hydrogens is 410 g/mol. The molecule has 0 radical (unpaired) electrons. The third-order valence-corrected chi connectivity index (χ3v) is 4.57. The van der Waals surface area contributed by atoms with Gasteiger partial charge >= 0.3 is 0 Å². The molecule has 164 valence electrons. The highest BCUT2D eigenvalue weighted by Crippen LogP contribution is 2.23. The average Bonchev–Trinajstić information content (AvgIpc) is 2.84. The SMILES string of the molecule is COc1ccc(C(=O)Nc2ccc(C(=O)NN=Cc3ccc(OC)cc3OC)cc2)cc1. The molecule has 3 rings (SSSR count). The minimum absolute atomic E-state index is 0.261. The summed E-state index contributed by atoms with van der Waals surface area (Å²) in [7, 11) is 4.67. The summed E-state index contributed by atoms with van der Waals surface area (Å²) >= 11 is 0. The average molecular weight is 433 g/mol. The Kier molecular flexibility index (Phi) is 7.42. The first-order chi connectivity index (χ1) is 15.5. The highest BCUT2D eigenvalue weighted by Gasteiger charge is 2.09. The first-order valence-electron chi connectivity index (χ1n) is 9.65. The van der Waals surface area contributed by atoms with Crippen LogP contribution in [0.2, 0.25) is 0 Å². The van der Waals surface area contributed by atoms with Gasteiger partial charge in [-0.3, -0.25) is 9.59 Å². The molecule has 0 aromatic heterocycles. The number of ether oxygens (including phenoxy) is 3. The molecule has 0 aliphatic carbocycles. The maximum absolute atomic E-state index is 12.3. The number of nitrogens with one attached hydrogen (secondary N) is 2. The zero-order valence-corrected chi connectivity index (χ0v) is 17.9.